The molecular weight excluding hydrogens is 454 g/mol. The van der Waals surface area contributed by atoms with Crippen molar-refractivity contribution in [3.8, 4) is 0 Å². The van der Waals surface area contributed by atoms with Crippen LogP contribution >= 0.6 is 0 Å². The molecule has 8 nitrogen and oxygen atoms in total. The van der Waals surface area contributed by atoms with Crippen LogP contribution in [0.15, 0.2) is 53.4 Å². The van der Waals surface area contributed by atoms with Crippen LogP contribution in [0, 0.1) is 0 Å². The second-order valence-corrected chi connectivity index (χ2v) is 11.0. The number of piperidine rings is 1. The van der Waals surface area contributed by atoms with E-state index in [4.69, 9.17) is 4.74 Å². The predicted molar refractivity (Wildman–Crippen MR) is 129 cm³/mol. The third-order valence-electron chi connectivity index (χ3n) is 6.10. The number of ether oxygens (including phenoxy) is 1. The Labute approximate surface area is 200 Å². The largest absolute Gasteiger partial charge is 0.373 e. The van der Waals surface area contributed by atoms with Crippen LogP contribution in [0.2, 0.25) is 0 Å². The van der Waals surface area contributed by atoms with Crippen LogP contribution in [-0.2, 0) is 26.1 Å². The second-order valence-electron chi connectivity index (χ2n) is 9.03. The van der Waals surface area contributed by atoms with Gasteiger partial charge in [-0.25, -0.2) is 8.42 Å². The number of nitrogens with one attached hydrogen (secondary N) is 1. The Kier molecular flexibility index (Phi) is 7.35. The maximum atomic E-state index is 13.2. The zero-order valence-electron chi connectivity index (χ0n) is 19.6. The number of hydrogen-bond acceptors (Lipinski definition) is 5. The summed E-state index contributed by atoms with van der Waals surface area (Å²) in [5.41, 5.74) is 1.78. The summed E-state index contributed by atoms with van der Waals surface area (Å²) in [6, 6.07) is 13.5. The minimum atomic E-state index is -3.75. The topological polar surface area (TPSA) is 96.0 Å². The number of amides is 2. The fourth-order valence-corrected chi connectivity index (χ4v) is 6.11. The molecule has 9 heteroatoms. The number of morpholine rings is 1. The zero-order valence-corrected chi connectivity index (χ0v) is 20.4. The molecule has 2 unspecified atom stereocenters. The molecule has 2 aliphatic heterocycles. The summed E-state index contributed by atoms with van der Waals surface area (Å²) in [6.45, 7) is 5.49. The summed E-state index contributed by atoms with van der Waals surface area (Å²) in [7, 11) is -3.75. The van der Waals surface area contributed by atoms with E-state index in [0.717, 1.165) is 24.9 Å². The van der Waals surface area contributed by atoms with Crippen molar-refractivity contribution < 1.29 is 22.7 Å². The highest BCUT2D eigenvalue weighted by Gasteiger charge is 2.32. The van der Waals surface area contributed by atoms with Gasteiger partial charge in [0.05, 0.1) is 17.1 Å². The summed E-state index contributed by atoms with van der Waals surface area (Å²) in [5.74, 6) is -0.241. The molecule has 2 aromatic carbocycles. The molecule has 2 aromatic rings. The molecule has 2 saturated heterocycles. The van der Waals surface area contributed by atoms with Crippen molar-refractivity contribution in [1.82, 2.24) is 9.21 Å². The van der Waals surface area contributed by atoms with Crippen molar-refractivity contribution in [3.05, 3.63) is 59.7 Å². The van der Waals surface area contributed by atoms with E-state index < -0.39 is 15.9 Å². The molecule has 0 aromatic heterocycles. The van der Waals surface area contributed by atoms with Gasteiger partial charge in [-0.05, 0) is 62.6 Å². The van der Waals surface area contributed by atoms with E-state index in [1.54, 1.807) is 18.2 Å². The van der Waals surface area contributed by atoms with Crippen molar-refractivity contribution in [2.45, 2.75) is 56.8 Å². The lowest BCUT2D eigenvalue weighted by molar-refractivity contribution is -0.133. The zero-order chi connectivity index (χ0) is 24.3. The van der Waals surface area contributed by atoms with Crippen molar-refractivity contribution >= 4 is 27.5 Å². The van der Waals surface area contributed by atoms with Gasteiger partial charge < -0.3 is 15.0 Å². The summed E-state index contributed by atoms with van der Waals surface area (Å²) < 4.78 is 33.4. The smallest absolute Gasteiger partial charge is 0.255 e. The average Bonchev–Trinajstić information content (AvgIpc) is 2.80. The maximum absolute atomic E-state index is 13.2. The molecule has 0 saturated carbocycles. The van der Waals surface area contributed by atoms with Gasteiger partial charge in [0.15, 0.2) is 0 Å². The minimum Gasteiger partial charge on any atom is -0.373 e. The Hall–Kier alpha value is -2.75. The number of benzene rings is 2. The lowest BCUT2D eigenvalue weighted by Gasteiger charge is -2.34. The van der Waals surface area contributed by atoms with Gasteiger partial charge in [-0.2, -0.15) is 4.31 Å². The third kappa shape index (κ3) is 5.65. The molecule has 0 bridgehead atoms. The van der Waals surface area contributed by atoms with Crippen LogP contribution in [0.5, 0.6) is 0 Å². The van der Waals surface area contributed by atoms with E-state index in [1.807, 2.05) is 36.9 Å². The molecule has 0 spiro atoms. The van der Waals surface area contributed by atoms with E-state index in [9.17, 15) is 18.0 Å². The van der Waals surface area contributed by atoms with Crippen molar-refractivity contribution in [2.75, 3.05) is 25.0 Å². The summed E-state index contributed by atoms with van der Waals surface area (Å²) in [4.78, 5) is 27.0. The first-order valence-electron chi connectivity index (χ1n) is 11.7. The van der Waals surface area contributed by atoms with E-state index >= 15 is 0 Å². The fraction of sp³-hybridized carbons (Fsp3) is 0.440. The van der Waals surface area contributed by atoms with Gasteiger partial charge in [-0.3, -0.25) is 9.59 Å². The van der Waals surface area contributed by atoms with Gasteiger partial charge >= 0.3 is 0 Å². The van der Waals surface area contributed by atoms with Gasteiger partial charge in [0, 0.05) is 43.9 Å². The van der Waals surface area contributed by atoms with Crippen molar-refractivity contribution in [3.63, 3.8) is 0 Å². The van der Waals surface area contributed by atoms with Crippen LogP contribution in [-0.4, -0.2) is 61.3 Å². The van der Waals surface area contributed by atoms with Gasteiger partial charge in [-0.1, -0.05) is 18.2 Å². The highest BCUT2D eigenvalue weighted by Crippen LogP contribution is 2.23. The number of rotatable bonds is 6. The minimum absolute atomic E-state index is 0.0822. The van der Waals surface area contributed by atoms with Crippen LogP contribution in [0.25, 0.3) is 0 Å². The number of nitrogens with zero attached hydrogens (tertiary/aromatic N) is 2. The molecule has 2 heterocycles. The highest BCUT2D eigenvalue weighted by molar-refractivity contribution is 7.89. The van der Waals surface area contributed by atoms with Gasteiger partial charge in [0.1, 0.15) is 0 Å². The van der Waals surface area contributed by atoms with E-state index in [1.165, 1.54) is 16.4 Å². The molecule has 34 heavy (non-hydrogen) atoms. The predicted octanol–water partition coefficient (Wildman–Crippen LogP) is 3.25. The number of likely N-dealkylation sites (tertiary alicyclic amines) is 1. The Morgan fingerprint density at radius 1 is 1.06 bits per heavy atom. The number of carbonyl (C=O) groups excluding carboxylic acids is 2. The van der Waals surface area contributed by atoms with Crippen LogP contribution < -0.4 is 5.32 Å². The molecule has 0 aliphatic carbocycles. The normalized spacial score (nSPS) is 21.9. The van der Waals surface area contributed by atoms with Crippen LogP contribution in [0.1, 0.15) is 49.0 Å². The van der Waals surface area contributed by atoms with Crippen molar-refractivity contribution in [1.29, 1.82) is 0 Å². The standard InChI is InChI=1S/C25H31N3O5S/c1-18-15-28(16-19(2)33-18)34(31,32)23-10-6-8-21(14-23)25(30)26-22-9-5-7-20(13-22)17-27-12-4-3-11-24(27)29/h5-10,13-14,18-19H,3-4,11-12,15-17H2,1-2H3,(H,26,30). The molecule has 4 rings (SSSR count). The Balaban J connectivity index is 1.47. The number of hydrogen-bond donors (Lipinski definition) is 1. The first-order chi connectivity index (χ1) is 16.2. The average molecular weight is 486 g/mol. The molecule has 2 fully saturated rings. The quantitative estimate of drug-likeness (QED) is 0.678. The molecular formula is C25H31N3O5S. The highest BCUT2D eigenvalue weighted by atomic mass is 32.2. The van der Waals surface area contributed by atoms with Gasteiger partial charge in [-0.15, -0.1) is 0 Å². The van der Waals surface area contributed by atoms with Crippen molar-refractivity contribution in [2.24, 2.45) is 0 Å². The van der Waals surface area contributed by atoms with E-state index in [0.29, 0.717) is 18.7 Å². The van der Waals surface area contributed by atoms with E-state index in [2.05, 4.69) is 5.32 Å². The van der Waals surface area contributed by atoms with Crippen LogP contribution in [0.4, 0.5) is 5.69 Å². The van der Waals surface area contributed by atoms with Crippen LogP contribution in [0.3, 0.4) is 0 Å². The third-order valence-corrected chi connectivity index (χ3v) is 7.93. The Morgan fingerprint density at radius 2 is 1.79 bits per heavy atom. The van der Waals surface area contributed by atoms with E-state index in [-0.39, 0.29) is 41.7 Å². The second kappa shape index (κ2) is 10.2. The number of anilines is 1. The lowest BCUT2D eigenvalue weighted by Crippen LogP contribution is -2.48. The first-order valence-corrected chi connectivity index (χ1v) is 13.1. The van der Waals surface area contributed by atoms with Gasteiger partial charge in [0.2, 0.25) is 15.9 Å². The number of sulfonamides is 1. The summed E-state index contributed by atoms with van der Waals surface area (Å²) in [6.07, 6.45) is 2.13. The lowest BCUT2D eigenvalue weighted by atomic mass is 10.1. The monoisotopic (exact) mass is 485 g/mol. The number of carbonyl (C=O) groups is 2. The molecule has 0 radical (unpaired) electrons. The summed E-state index contributed by atoms with van der Waals surface area (Å²) >= 11 is 0. The molecule has 2 atom stereocenters. The Morgan fingerprint density at radius 3 is 2.53 bits per heavy atom. The Bertz CT molecular complexity index is 1160. The molecule has 1 N–H and O–H groups in total. The first kappa shape index (κ1) is 24.4. The van der Waals surface area contributed by atoms with Gasteiger partial charge in [0.25, 0.3) is 5.91 Å². The maximum Gasteiger partial charge on any atom is 0.255 e. The molecule has 182 valence electrons. The SMILES string of the molecule is CC1CN(S(=O)(=O)c2cccc(C(=O)Nc3cccc(CN4CCCCC4=O)c3)c2)CC(C)O1. The summed E-state index contributed by atoms with van der Waals surface area (Å²) in [5, 5.41) is 2.85. The molecule has 2 aliphatic rings. The fourth-order valence-electron chi connectivity index (χ4n) is 4.47. The molecule has 2 amide bonds.